The maximum absolute atomic E-state index is 7.78. The second-order valence-corrected chi connectivity index (χ2v) is 5.38. The second-order valence-electron chi connectivity index (χ2n) is 3.50. The van der Waals surface area contributed by atoms with Gasteiger partial charge in [-0.15, -0.1) is 23.1 Å². The molecule has 66 valence electrons. The summed E-state index contributed by atoms with van der Waals surface area (Å²) in [6, 6.07) is 0. The molecule has 2 aliphatic rings. The number of hydrogen-bond donors (Lipinski definition) is 1. The lowest BCUT2D eigenvalue weighted by atomic mass is 9.87. The van der Waals surface area contributed by atoms with Crippen LogP contribution >= 0.6 is 12.4 Å². The molecule has 0 radical (unpaired) electrons. The first-order valence-electron chi connectivity index (χ1n) is 4.29. The Morgan fingerprint density at radius 1 is 1.09 bits per heavy atom. The Labute approximate surface area is 77.3 Å². The molecule has 0 aromatic rings. The summed E-state index contributed by atoms with van der Waals surface area (Å²) in [7, 11) is 0.0606. The van der Waals surface area contributed by atoms with Crippen LogP contribution in [0.2, 0.25) is 0 Å². The minimum Gasteiger partial charge on any atom is -0.280 e. The third-order valence-electron chi connectivity index (χ3n) is 2.91. The van der Waals surface area contributed by atoms with Crippen molar-refractivity contribution in [2.45, 2.75) is 37.4 Å². The van der Waals surface area contributed by atoms with Gasteiger partial charge in [-0.25, -0.2) is 0 Å². The Balaban J connectivity index is 0.000000605. The molecule has 2 rings (SSSR count). The summed E-state index contributed by atoms with van der Waals surface area (Å²) in [5.74, 6) is 2.18. The summed E-state index contributed by atoms with van der Waals surface area (Å²) < 4.78 is 7.78. The number of rotatable bonds is 0. The Morgan fingerprint density at radius 3 is 2.55 bits per heavy atom. The molecule has 1 aliphatic carbocycles. The third-order valence-corrected chi connectivity index (χ3v) is 4.94. The highest BCUT2D eigenvalue weighted by atomic mass is 35.5. The van der Waals surface area contributed by atoms with Crippen LogP contribution in [0.4, 0.5) is 0 Å². The van der Waals surface area contributed by atoms with Crippen LogP contribution in [-0.2, 0) is 10.7 Å². The van der Waals surface area contributed by atoms with Gasteiger partial charge in [-0.2, -0.15) is 0 Å². The van der Waals surface area contributed by atoms with Crippen molar-refractivity contribution in [3.8, 4) is 0 Å². The van der Waals surface area contributed by atoms with Crippen LogP contribution in [0.1, 0.15) is 32.1 Å². The Hall–Kier alpha value is 0.440. The first-order chi connectivity index (χ1) is 4.88. The van der Waals surface area contributed by atoms with E-state index in [0.717, 1.165) is 11.2 Å². The smallest absolute Gasteiger partial charge is 0.0181 e. The minimum atomic E-state index is 0. The van der Waals surface area contributed by atoms with Crippen LogP contribution in [-0.4, -0.2) is 11.0 Å². The van der Waals surface area contributed by atoms with Gasteiger partial charge < -0.3 is 0 Å². The van der Waals surface area contributed by atoms with Crippen molar-refractivity contribution in [2.75, 3.05) is 5.75 Å². The molecule has 3 atom stereocenters. The average molecular weight is 194 g/mol. The topological polar surface area (TPSA) is 23.9 Å². The van der Waals surface area contributed by atoms with E-state index in [1.54, 1.807) is 0 Å². The highest BCUT2D eigenvalue weighted by molar-refractivity contribution is 7.86. The fourth-order valence-corrected chi connectivity index (χ4v) is 4.36. The van der Waals surface area contributed by atoms with Gasteiger partial charge in [-0.3, -0.25) is 4.78 Å². The zero-order valence-corrected chi connectivity index (χ0v) is 8.35. The van der Waals surface area contributed by atoms with E-state index in [1.807, 2.05) is 0 Å². The van der Waals surface area contributed by atoms with Crippen molar-refractivity contribution < 1.29 is 0 Å². The predicted octanol–water partition coefficient (Wildman–Crippen LogP) is 2.75. The third kappa shape index (κ3) is 1.78. The van der Waals surface area contributed by atoms with E-state index >= 15 is 0 Å². The van der Waals surface area contributed by atoms with E-state index in [1.165, 1.54) is 37.9 Å². The Bertz CT molecular complexity index is 160. The lowest BCUT2D eigenvalue weighted by Crippen LogP contribution is -2.21. The normalized spacial score (nSPS) is 42.7. The number of nitrogens with one attached hydrogen (secondary N) is 1. The molecule has 0 bridgehead atoms. The Morgan fingerprint density at radius 2 is 1.82 bits per heavy atom. The molecule has 0 spiro atoms. The molecule has 1 aliphatic heterocycles. The summed E-state index contributed by atoms with van der Waals surface area (Å²) in [4.78, 5) is 0. The minimum absolute atomic E-state index is 0. The molecule has 1 heterocycles. The van der Waals surface area contributed by atoms with E-state index in [9.17, 15) is 0 Å². The maximum atomic E-state index is 7.78. The van der Waals surface area contributed by atoms with Crippen molar-refractivity contribution in [1.82, 2.24) is 0 Å². The quantitative estimate of drug-likeness (QED) is 0.612. The number of hydrogen-bond acceptors (Lipinski definition) is 1. The van der Waals surface area contributed by atoms with Crippen LogP contribution in [0.3, 0.4) is 0 Å². The fraction of sp³-hybridized carbons (Fsp3) is 1.00. The van der Waals surface area contributed by atoms with E-state index in [2.05, 4.69) is 0 Å². The van der Waals surface area contributed by atoms with Gasteiger partial charge in [0.2, 0.25) is 0 Å². The van der Waals surface area contributed by atoms with Crippen LogP contribution in [0.25, 0.3) is 0 Å². The summed E-state index contributed by atoms with van der Waals surface area (Å²) >= 11 is 0. The van der Waals surface area contributed by atoms with E-state index in [4.69, 9.17) is 4.78 Å². The van der Waals surface area contributed by atoms with Gasteiger partial charge in [-0.1, -0.05) is 12.8 Å². The zero-order chi connectivity index (χ0) is 6.97. The van der Waals surface area contributed by atoms with Crippen LogP contribution in [0.15, 0.2) is 0 Å². The van der Waals surface area contributed by atoms with Gasteiger partial charge in [0.15, 0.2) is 0 Å². The molecular weight excluding hydrogens is 178 g/mol. The molecule has 0 aromatic heterocycles. The maximum Gasteiger partial charge on any atom is 0.0181 e. The summed E-state index contributed by atoms with van der Waals surface area (Å²) in [6.45, 7) is 0. The van der Waals surface area contributed by atoms with Gasteiger partial charge in [0.05, 0.1) is 0 Å². The number of halogens is 1. The molecule has 1 nitrogen and oxygen atoms in total. The van der Waals surface area contributed by atoms with Gasteiger partial charge in [0.1, 0.15) is 0 Å². The van der Waals surface area contributed by atoms with E-state index in [-0.39, 0.29) is 23.1 Å². The first-order valence-corrected chi connectivity index (χ1v) is 5.74. The van der Waals surface area contributed by atoms with Crippen molar-refractivity contribution >= 4 is 23.1 Å². The van der Waals surface area contributed by atoms with Crippen LogP contribution < -0.4 is 0 Å². The molecule has 1 saturated heterocycles. The molecule has 2 fully saturated rings. The van der Waals surface area contributed by atoms with Gasteiger partial charge >= 0.3 is 0 Å². The molecule has 0 aromatic carbocycles. The average Bonchev–Trinajstić information content (AvgIpc) is 2.34. The highest BCUT2D eigenvalue weighted by Gasteiger charge is 2.32. The molecule has 0 amide bonds. The summed E-state index contributed by atoms with van der Waals surface area (Å²) in [6.07, 6.45) is 7.03. The molecule has 1 saturated carbocycles. The summed E-state index contributed by atoms with van der Waals surface area (Å²) in [5.41, 5.74) is 0. The molecule has 11 heavy (non-hydrogen) atoms. The van der Waals surface area contributed by atoms with Crippen molar-refractivity contribution in [3.05, 3.63) is 0 Å². The Kier molecular flexibility index (Phi) is 3.38. The first kappa shape index (κ1) is 9.53. The molecular formula is C8H16ClNS. The predicted molar refractivity (Wildman–Crippen MR) is 52.6 cm³/mol. The van der Waals surface area contributed by atoms with Gasteiger partial charge in [-0.05, 0) is 25.2 Å². The van der Waals surface area contributed by atoms with Crippen molar-refractivity contribution in [3.63, 3.8) is 0 Å². The van der Waals surface area contributed by atoms with Gasteiger partial charge in [0.25, 0.3) is 0 Å². The standard InChI is InChI=1S/C8H15NS.ClH/c9-10-6-5-7-3-1-2-4-8(7)10;/h7-9H,1-6H2;1H. The monoisotopic (exact) mass is 193 g/mol. The zero-order valence-electron chi connectivity index (χ0n) is 6.71. The van der Waals surface area contributed by atoms with Crippen LogP contribution in [0.5, 0.6) is 0 Å². The van der Waals surface area contributed by atoms with Crippen LogP contribution in [0, 0.1) is 10.7 Å². The number of fused-ring (bicyclic) bond motifs is 1. The van der Waals surface area contributed by atoms with Gasteiger partial charge in [0, 0.05) is 11.0 Å². The summed E-state index contributed by atoms with van der Waals surface area (Å²) in [5, 5.41) is 0.828. The molecule has 1 N–H and O–H groups in total. The second kappa shape index (κ2) is 3.90. The van der Waals surface area contributed by atoms with Crippen molar-refractivity contribution in [2.24, 2.45) is 5.92 Å². The molecule has 3 heteroatoms. The molecule has 3 unspecified atom stereocenters. The lowest BCUT2D eigenvalue weighted by Gasteiger charge is -2.24. The fourth-order valence-electron chi connectivity index (χ4n) is 2.31. The van der Waals surface area contributed by atoms with E-state index < -0.39 is 0 Å². The van der Waals surface area contributed by atoms with Crippen molar-refractivity contribution in [1.29, 1.82) is 4.78 Å². The lowest BCUT2D eigenvalue weighted by molar-refractivity contribution is 0.377. The van der Waals surface area contributed by atoms with E-state index in [0.29, 0.717) is 0 Å². The SMILES string of the molecule is Cl.N=S1CCC2CCCCC21. The highest BCUT2D eigenvalue weighted by Crippen LogP contribution is 2.36. The largest absolute Gasteiger partial charge is 0.280 e.